The molecule has 4 nitrogen and oxygen atoms in total. The van der Waals surface area contributed by atoms with Crippen LogP contribution in [0.2, 0.25) is 0 Å². The van der Waals surface area contributed by atoms with Crippen LogP contribution in [-0.4, -0.2) is 10.1 Å². The van der Waals surface area contributed by atoms with Crippen LogP contribution >= 0.6 is 0 Å². The molecule has 1 heterocycles. The van der Waals surface area contributed by atoms with Gasteiger partial charge in [-0.15, -0.1) is 0 Å². The second-order valence-electron chi connectivity index (χ2n) is 3.01. The maximum atomic E-state index is 6.09. The molecule has 1 aromatic heterocycles. The molecular weight excluding hydrogens is 154 g/mol. The number of nitrogens with zero attached hydrogens (tertiary/aromatic N) is 2. The molecule has 1 unspecified atom stereocenters. The van der Waals surface area contributed by atoms with Gasteiger partial charge in [-0.3, -0.25) is 0 Å². The normalized spacial score (nSPS) is 15.9. The van der Waals surface area contributed by atoms with Crippen molar-refractivity contribution in [3.8, 4) is 0 Å². The van der Waals surface area contributed by atoms with E-state index in [-0.39, 0.29) is 0 Å². The molecule has 4 heteroatoms. The van der Waals surface area contributed by atoms with E-state index in [4.69, 9.17) is 5.73 Å². The van der Waals surface area contributed by atoms with Crippen LogP contribution in [0.3, 0.4) is 0 Å². The lowest BCUT2D eigenvalue weighted by Gasteiger charge is -2.23. The van der Waals surface area contributed by atoms with Gasteiger partial charge < -0.3 is 10.3 Å². The van der Waals surface area contributed by atoms with Gasteiger partial charge in [0.25, 0.3) is 0 Å². The Bertz CT molecular complexity index is 222. The van der Waals surface area contributed by atoms with Crippen molar-refractivity contribution in [2.75, 3.05) is 0 Å². The number of hydrogen-bond donors (Lipinski definition) is 1. The highest BCUT2D eigenvalue weighted by Gasteiger charge is 2.28. The van der Waals surface area contributed by atoms with E-state index in [0.717, 1.165) is 19.3 Å². The molecule has 0 saturated heterocycles. The SMILES string of the molecule is CCCC(N)(CC)c1ncon1. The molecule has 0 aliphatic heterocycles. The van der Waals surface area contributed by atoms with E-state index >= 15 is 0 Å². The monoisotopic (exact) mass is 169 g/mol. The first-order valence-electron chi connectivity index (χ1n) is 4.28. The minimum Gasteiger partial charge on any atom is -0.343 e. The van der Waals surface area contributed by atoms with E-state index in [1.165, 1.54) is 6.39 Å². The molecule has 0 aliphatic carbocycles. The van der Waals surface area contributed by atoms with E-state index in [9.17, 15) is 0 Å². The molecule has 1 rings (SSSR count). The van der Waals surface area contributed by atoms with Crippen molar-refractivity contribution in [3.05, 3.63) is 12.2 Å². The largest absolute Gasteiger partial charge is 0.343 e. The van der Waals surface area contributed by atoms with Crippen molar-refractivity contribution in [1.29, 1.82) is 0 Å². The fourth-order valence-electron chi connectivity index (χ4n) is 1.28. The predicted molar refractivity (Wildman–Crippen MR) is 45.4 cm³/mol. The molecule has 12 heavy (non-hydrogen) atoms. The van der Waals surface area contributed by atoms with Gasteiger partial charge in [0.15, 0.2) is 5.82 Å². The van der Waals surface area contributed by atoms with Crippen molar-refractivity contribution < 1.29 is 4.52 Å². The Morgan fingerprint density at radius 1 is 1.58 bits per heavy atom. The summed E-state index contributed by atoms with van der Waals surface area (Å²) in [7, 11) is 0. The zero-order valence-electron chi connectivity index (χ0n) is 7.58. The van der Waals surface area contributed by atoms with Gasteiger partial charge in [-0.25, -0.2) is 0 Å². The molecule has 1 aromatic rings. The maximum Gasteiger partial charge on any atom is 0.213 e. The van der Waals surface area contributed by atoms with Crippen molar-refractivity contribution in [1.82, 2.24) is 10.1 Å². The fourth-order valence-corrected chi connectivity index (χ4v) is 1.28. The van der Waals surface area contributed by atoms with Crippen molar-refractivity contribution in [3.63, 3.8) is 0 Å². The number of hydrogen-bond acceptors (Lipinski definition) is 4. The van der Waals surface area contributed by atoms with Crippen molar-refractivity contribution >= 4 is 0 Å². The molecule has 0 bridgehead atoms. The maximum absolute atomic E-state index is 6.09. The van der Waals surface area contributed by atoms with Gasteiger partial charge in [0.1, 0.15) is 0 Å². The van der Waals surface area contributed by atoms with E-state index < -0.39 is 5.54 Å². The number of nitrogens with two attached hydrogens (primary N) is 1. The van der Waals surface area contributed by atoms with Crippen LogP contribution in [0.4, 0.5) is 0 Å². The summed E-state index contributed by atoms with van der Waals surface area (Å²) in [4.78, 5) is 3.97. The van der Waals surface area contributed by atoms with Gasteiger partial charge in [0.2, 0.25) is 6.39 Å². The first-order valence-corrected chi connectivity index (χ1v) is 4.28. The minimum atomic E-state index is -0.401. The molecule has 0 saturated carbocycles. The second kappa shape index (κ2) is 3.67. The summed E-state index contributed by atoms with van der Waals surface area (Å²) >= 11 is 0. The molecule has 0 aromatic carbocycles. The first kappa shape index (κ1) is 9.19. The Balaban J connectivity index is 2.80. The Hall–Kier alpha value is -0.900. The van der Waals surface area contributed by atoms with Crippen LogP contribution in [0, 0.1) is 0 Å². The summed E-state index contributed by atoms with van der Waals surface area (Å²) in [5, 5.41) is 3.77. The molecule has 0 radical (unpaired) electrons. The van der Waals surface area contributed by atoms with E-state index in [0.29, 0.717) is 5.82 Å². The molecule has 1 atom stereocenters. The summed E-state index contributed by atoms with van der Waals surface area (Å²) in [6, 6.07) is 0. The molecule has 0 aliphatic rings. The molecule has 68 valence electrons. The molecule has 0 spiro atoms. The summed E-state index contributed by atoms with van der Waals surface area (Å²) in [6.45, 7) is 4.13. The lowest BCUT2D eigenvalue weighted by atomic mass is 9.91. The molecule has 0 fully saturated rings. The summed E-state index contributed by atoms with van der Waals surface area (Å²) in [6.07, 6.45) is 4.07. The highest BCUT2D eigenvalue weighted by Crippen LogP contribution is 2.23. The third-order valence-electron chi connectivity index (χ3n) is 2.13. The third-order valence-corrected chi connectivity index (χ3v) is 2.13. The van der Waals surface area contributed by atoms with E-state index in [1.54, 1.807) is 0 Å². The topological polar surface area (TPSA) is 64.9 Å². The van der Waals surface area contributed by atoms with Gasteiger partial charge in [-0.05, 0) is 12.8 Å². The summed E-state index contributed by atoms with van der Waals surface area (Å²) < 4.78 is 4.67. The average Bonchev–Trinajstić information content (AvgIpc) is 2.57. The van der Waals surface area contributed by atoms with Gasteiger partial charge in [-0.1, -0.05) is 25.4 Å². The van der Waals surface area contributed by atoms with Gasteiger partial charge in [0.05, 0.1) is 5.54 Å². The van der Waals surface area contributed by atoms with Crippen LogP contribution in [0.1, 0.15) is 38.9 Å². The third kappa shape index (κ3) is 1.64. The quantitative estimate of drug-likeness (QED) is 0.740. The molecule has 2 N–H and O–H groups in total. The van der Waals surface area contributed by atoms with Gasteiger partial charge in [0, 0.05) is 0 Å². The van der Waals surface area contributed by atoms with Crippen molar-refractivity contribution in [2.24, 2.45) is 5.73 Å². The average molecular weight is 169 g/mol. The highest BCUT2D eigenvalue weighted by molar-refractivity contribution is 5.00. The Labute approximate surface area is 72.1 Å². The fraction of sp³-hybridized carbons (Fsp3) is 0.750. The van der Waals surface area contributed by atoms with Crippen LogP contribution in [0.15, 0.2) is 10.9 Å². The van der Waals surface area contributed by atoms with Crippen LogP contribution < -0.4 is 5.73 Å². The summed E-state index contributed by atoms with van der Waals surface area (Å²) in [5.41, 5.74) is 5.69. The van der Waals surface area contributed by atoms with Gasteiger partial charge in [-0.2, -0.15) is 4.98 Å². The zero-order chi connectivity index (χ0) is 9.03. The Morgan fingerprint density at radius 3 is 2.75 bits per heavy atom. The van der Waals surface area contributed by atoms with Gasteiger partial charge >= 0.3 is 0 Å². The lowest BCUT2D eigenvalue weighted by Crippen LogP contribution is -2.36. The van der Waals surface area contributed by atoms with Crippen LogP contribution in [-0.2, 0) is 5.54 Å². The Kier molecular flexibility index (Phi) is 2.81. The summed E-state index contributed by atoms with van der Waals surface area (Å²) in [5.74, 6) is 0.617. The minimum absolute atomic E-state index is 0.401. The van der Waals surface area contributed by atoms with E-state index in [1.807, 2.05) is 6.92 Å². The van der Waals surface area contributed by atoms with Crippen molar-refractivity contribution in [2.45, 2.75) is 38.6 Å². The van der Waals surface area contributed by atoms with Crippen LogP contribution in [0.5, 0.6) is 0 Å². The highest BCUT2D eigenvalue weighted by atomic mass is 16.5. The predicted octanol–water partition coefficient (Wildman–Crippen LogP) is 1.43. The smallest absolute Gasteiger partial charge is 0.213 e. The first-order chi connectivity index (χ1) is 5.73. The molecular formula is C8H15N3O. The standard InChI is InChI=1S/C8H15N3O/c1-3-5-8(9,4-2)7-10-6-12-11-7/h6H,3-5,9H2,1-2H3. The Morgan fingerprint density at radius 2 is 2.33 bits per heavy atom. The second-order valence-corrected chi connectivity index (χ2v) is 3.01. The van der Waals surface area contributed by atoms with E-state index in [2.05, 4.69) is 21.6 Å². The number of rotatable bonds is 4. The molecule has 0 amide bonds. The zero-order valence-corrected chi connectivity index (χ0v) is 7.58. The van der Waals surface area contributed by atoms with Crippen LogP contribution in [0.25, 0.3) is 0 Å². The number of aromatic nitrogens is 2. The lowest BCUT2D eigenvalue weighted by molar-refractivity contribution is 0.335.